The number of fused-ring (bicyclic) bond motifs is 2. The molecule has 0 saturated carbocycles. The summed E-state index contributed by atoms with van der Waals surface area (Å²) in [5.41, 5.74) is 5.68. The fraction of sp³-hybridized carbons (Fsp3) is 0.308. The first kappa shape index (κ1) is 22.5. The van der Waals surface area contributed by atoms with Gasteiger partial charge in [0.1, 0.15) is 5.82 Å². The van der Waals surface area contributed by atoms with E-state index in [9.17, 15) is 9.18 Å². The standard InChI is InChI=1S/C26H24BrClFN3O/c27-20-14-19-4-3-18-15-21(28)5-8-23(18)26(25(19)30-16-20)32-11-9-31(10-12-32)24(33)13-17-1-6-22(29)7-2-17/h1-2,5-8,14-16,26H,3-4,9-13H2. The molecule has 1 aromatic heterocycles. The average Bonchev–Trinajstić information content (AvgIpc) is 2.97. The number of piperazine rings is 1. The Kier molecular flexibility index (Phi) is 6.50. The van der Waals surface area contributed by atoms with Crippen molar-refractivity contribution in [2.75, 3.05) is 26.2 Å². The van der Waals surface area contributed by atoms with E-state index in [-0.39, 0.29) is 17.8 Å². The average molecular weight is 529 g/mol. The van der Waals surface area contributed by atoms with E-state index in [0.717, 1.165) is 46.7 Å². The number of carbonyl (C=O) groups excluding carboxylic acids is 1. The second-order valence-electron chi connectivity index (χ2n) is 8.66. The molecule has 2 aromatic carbocycles. The van der Waals surface area contributed by atoms with Gasteiger partial charge in [0.05, 0.1) is 18.2 Å². The highest BCUT2D eigenvalue weighted by Crippen LogP contribution is 2.38. The van der Waals surface area contributed by atoms with Gasteiger partial charge < -0.3 is 4.90 Å². The van der Waals surface area contributed by atoms with Crippen LogP contribution in [0, 0.1) is 5.82 Å². The summed E-state index contributed by atoms with van der Waals surface area (Å²) in [5, 5.41) is 0.754. The van der Waals surface area contributed by atoms with Crippen LogP contribution in [-0.2, 0) is 24.1 Å². The number of benzene rings is 2. The van der Waals surface area contributed by atoms with Gasteiger partial charge in [-0.05, 0) is 81.4 Å². The summed E-state index contributed by atoms with van der Waals surface area (Å²) in [4.78, 5) is 22.0. The molecular weight excluding hydrogens is 505 g/mol. The zero-order valence-corrected chi connectivity index (χ0v) is 20.4. The van der Waals surface area contributed by atoms with Crippen molar-refractivity contribution in [3.05, 3.63) is 98.0 Å². The van der Waals surface area contributed by atoms with Gasteiger partial charge in [-0.15, -0.1) is 0 Å². The van der Waals surface area contributed by atoms with Gasteiger partial charge in [-0.3, -0.25) is 14.7 Å². The second-order valence-corrected chi connectivity index (χ2v) is 10.0. The lowest BCUT2D eigenvalue weighted by Gasteiger charge is -2.40. The highest BCUT2D eigenvalue weighted by atomic mass is 79.9. The first-order valence-electron chi connectivity index (χ1n) is 11.2. The van der Waals surface area contributed by atoms with Crippen LogP contribution in [0.2, 0.25) is 5.02 Å². The fourth-order valence-corrected chi connectivity index (χ4v) is 5.47. The normalized spacial score (nSPS) is 18.4. The van der Waals surface area contributed by atoms with Crippen LogP contribution in [0.3, 0.4) is 0 Å². The lowest BCUT2D eigenvalue weighted by atomic mass is 9.96. The maximum absolute atomic E-state index is 13.2. The molecule has 4 nitrogen and oxygen atoms in total. The molecule has 7 heteroatoms. The number of hydrogen-bond acceptors (Lipinski definition) is 3. The second kappa shape index (κ2) is 9.53. The van der Waals surface area contributed by atoms with E-state index in [1.54, 1.807) is 12.1 Å². The Hall–Kier alpha value is -2.28. The molecule has 1 fully saturated rings. The van der Waals surface area contributed by atoms with E-state index in [1.807, 2.05) is 17.2 Å². The van der Waals surface area contributed by atoms with E-state index in [4.69, 9.17) is 16.6 Å². The molecule has 3 aromatic rings. The molecule has 1 aliphatic heterocycles. The van der Waals surface area contributed by atoms with Gasteiger partial charge in [-0.1, -0.05) is 29.8 Å². The van der Waals surface area contributed by atoms with Crippen LogP contribution in [0.1, 0.15) is 34.0 Å². The van der Waals surface area contributed by atoms with Gasteiger partial charge in [0.2, 0.25) is 5.91 Å². The summed E-state index contributed by atoms with van der Waals surface area (Å²) in [6.45, 7) is 2.84. The van der Waals surface area contributed by atoms with Crippen LogP contribution < -0.4 is 0 Å². The third-order valence-corrected chi connectivity index (χ3v) is 7.26. The number of carbonyl (C=O) groups is 1. The van der Waals surface area contributed by atoms with Crippen LogP contribution in [0.15, 0.2) is 59.2 Å². The van der Waals surface area contributed by atoms with Crippen molar-refractivity contribution in [3.8, 4) is 0 Å². The molecule has 1 unspecified atom stereocenters. The van der Waals surface area contributed by atoms with E-state index in [2.05, 4.69) is 39.0 Å². The van der Waals surface area contributed by atoms with Crippen molar-refractivity contribution in [1.29, 1.82) is 0 Å². The van der Waals surface area contributed by atoms with Gasteiger partial charge >= 0.3 is 0 Å². The molecule has 2 heterocycles. The number of aromatic nitrogens is 1. The largest absolute Gasteiger partial charge is 0.340 e. The summed E-state index contributed by atoms with van der Waals surface area (Å²) in [5.74, 6) is -0.206. The van der Waals surface area contributed by atoms with Crippen LogP contribution in [0.4, 0.5) is 4.39 Å². The smallest absolute Gasteiger partial charge is 0.227 e. The van der Waals surface area contributed by atoms with Gasteiger partial charge in [-0.2, -0.15) is 0 Å². The lowest BCUT2D eigenvalue weighted by molar-refractivity contribution is -0.132. The van der Waals surface area contributed by atoms with E-state index >= 15 is 0 Å². The number of nitrogens with zero attached hydrogens (tertiary/aromatic N) is 3. The Morgan fingerprint density at radius 3 is 2.52 bits per heavy atom. The molecule has 0 bridgehead atoms. The zero-order valence-electron chi connectivity index (χ0n) is 18.1. The first-order valence-corrected chi connectivity index (χ1v) is 12.3. The van der Waals surface area contributed by atoms with Crippen LogP contribution >= 0.6 is 27.5 Å². The summed E-state index contributed by atoms with van der Waals surface area (Å²) in [6.07, 6.45) is 4.01. The number of amides is 1. The summed E-state index contributed by atoms with van der Waals surface area (Å²) < 4.78 is 14.2. The third kappa shape index (κ3) is 4.84. The Bertz CT molecular complexity index is 1130. The van der Waals surface area contributed by atoms with Crippen LogP contribution in [-0.4, -0.2) is 46.9 Å². The summed E-state index contributed by atoms with van der Waals surface area (Å²) in [7, 11) is 0. The zero-order chi connectivity index (χ0) is 22.9. The number of rotatable bonds is 3. The number of aryl methyl sites for hydroxylation is 2. The molecule has 1 atom stereocenters. The minimum absolute atomic E-state index is 0.0391. The molecule has 1 aliphatic carbocycles. The van der Waals surface area contributed by atoms with Gasteiger partial charge in [-0.25, -0.2) is 4.39 Å². The molecule has 0 spiro atoms. The van der Waals surface area contributed by atoms with E-state index in [1.165, 1.54) is 28.8 Å². The molecule has 0 radical (unpaired) electrons. The Balaban J connectivity index is 1.36. The van der Waals surface area contributed by atoms with Gasteiger partial charge in [0.25, 0.3) is 0 Å². The molecule has 170 valence electrons. The Morgan fingerprint density at radius 2 is 1.76 bits per heavy atom. The van der Waals surface area contributed by atoms with Crippen molar-refractivity contribution in [3.63, 3.8) is 0 Å². The Morgan fingerprint density at radius 1 is 1.03 bits per heavy atom. The highest BCUT2D eigenvalue weighted by Gasteiger charge is 2.33. The molecule has 1 amide bonds. The molecule has 0 N–H and O–H groups in total. The van der Waals surface area contributed by atoms with Gasteiger partial charge in [0, 0.05) is 41.9 Å². The van der Waals surface area contributed by atoms with Crippen LogP contribution in [0.25, 0.3) is 0 Å². The topological polar surface area (TPSA) is 36.4 Å². The number of halogens is 3. The molecule has 1 saturated heterocycles. The first-order chi connectivity index (χ1) is 16.0. The highest BCUT2D eigenvalue weighted by molar-refractivity contribution is 9.10. The van der Waals surface area contributed by atoms with Crippen molar-refractivity contribution in [1.82, 2.24) is 14.8 Å². The molecular formula is C26H24BrClFN3O. The minimum Gasteiger partial charge on any atom is -0.340 e. The minimum atomic E-state index is -0.286. The fourth-order valence-electron chi connectivity index (χ4n) is 4.90. The predicted octanol–water partition coefficient (Wildman–Crippen LogP) is 5.21. The quantitative estimate of drug-likeness (QED) is 0.468. The van der Waals surface area contributed by atoms with Crippen LogP contribution in [0.5, 0.6) is 0 Å². The monoisotopic (exact) mass is 527 g/mol. The third-order valence-electron chi connectivity index (χ3n) is 6.59. The van der Waals surface area contributed by atoms with Gasteiger partial charge in [0.15, 0.2) is 0 Å². The SMILES string of the molecule is O=C(Cc1ccc(F)cc1)N1CCN(C2c3ccc(Cl)cc3CCc3cc(Br)cnc32)CC1. The van der Waals surface area contributed by atoms with Crippen molar-refractivity contribution in [2.24, 2.45) is 0 Å². The number of pyridine rings is 1. The Labute approximate surface area is 206 Å². The number of hydrogen-bond donors (Lipinski definition) is 0. The maximum Gasteiger partial charge on any atom is 0.227 e. The molecule has 5 rings (SSSR count). The van der Waals surface area contributed by atoms with E-state index < -0.39 is 0 Å². The predicted molar refractivity (Wildman–Crippen MR) is 131 cm³/mol. The van der Waals surface area contributed by atoms with Crippen molar-refractivity contribution < 1.29 is 9.18 Å². The maximum atomic E-state index is 13.2. The van der Waals surface area contributed by atoms with Crippen molar-refractivity contribution >= 4 is 33.4 Å². The summed E-state index contributed by atoms with van der Waals surface area (Å²) in [6, 6.07) is 14.5. The molecule has 33 heavy (non-hydrogen) atoms. The summed E-state index contributed by atoms with van der Waals surface area (Å²) >= 11 is 9.90. The van der Waals surface area contributed by atoms with Crippen molar-refractivity contribution in [2.45, 2.75) is 25.3 Å². The lowest BCUT2D eigenvalue weighted by Crippen LogP contribution is -2.50. The van der Waals surface area contributed by atoms with E-state index in [0.29, 0.717) is 19.5 Å². The molecule has 2 aliphatic rings.